The molecule has 68 valence electrons. The van der Waals surface area contributed by atoms with Crippen LogP contribution in [-0.2, 0) is 9.47 Å². The number of ether oxygens (including phenoxy) is 2. The third-order valence-corrected chi connectivity index (χ3v) is 1.57. The van der Waals surface area contributed by atoms with Crippen molar-refractivity contribution >= 4 is 0 Å². The third kappa shape index (κ3) is 7.78. The molecule has 0 aliphatic heterocycles. The summed E-state index contributed by atoms with van der Waals surface area (Å²) >= 11 is 0. The third-order valence-electron chi connectivity index (χ3n) is 1.57. The van der Waals surface area contributed by atoms with Crippen molar-refractivity contribution in [1.29, 1.82) is 0 Å². The van der Waals surface area contributed by atoms with Crippen molar-refractivity contribution in [3.63, 3.8) is 0 Å². The molecule has 0 bridgehead atoms. The van der Waals surface area contributed by atoms with Gasteiger partial charge in [-0.1, -0.05) is 0 Å². The van der Waals surface area contributed by atoms with Crippen LogP contribution in [0.15, 0.2) is 0 Å². The summed E-state index contributed by atoms with van der Waals surface area (Å²) in [6.07, 6.45) is 1.28. The summed E-state index contributed by atoms with van der Waals surface area (Å²) in [7, 11) is 3.64. The Hall–Kier alpha value is -0.120. The Labute approximate surface area is 69.1 Å². The fraction of sp³-hybridized carbons (Fsp3) is 1.00. The Balaban J connectivity index is 2.89. The average molecular weight is 161 g/mol. The summed E-state index contributed by atoms with van der Waals surface area (Å²) < 4.78 is 10.4. The van der Waals surface area contributed by atoms with Gasteiger partial charge in [-0.05, 0) is 20.4 Å². The van der Waals surface area contributed by atoms with Crippen molar-refractivity contribution in [2.45, 2.75) is 19.4 Å². The Morgan fingerprint density at radius 1 is 1.36 bits per heavy atom. The minimum atomic E-state index is 0.310. The first kappa shape index (κ1) is 10.9. The van der Waals surface area contributed by atoms with Crippen molar-refractivity contribution in [3.05, 3.63) is 0 Å². The fourth-order valence-corrected chi connectivity index (χ4v) is 0.643. The van der Waals surface area contributed by atoms with Crippen LogP contribution in [0.1, 0.15) is 13.3 Å². The van der Waals surface area contributed by atoms with E-state index in [2.05, 4.69) is 5.32 Å². The maximum atomic E-state index is 5.30. The van der Waals surface area contributed by atoms with Gasteiger partial charge in [0.1, 0.15) is 0 Å². The molecule has 0 spiro atoms. The van der Waals surface area contributed by atoms with E-state index in [0.29, 0.717) is 6.10 Å². The molecular formula is C8H19NO2. The van der Waals surface area contributed by atoms with Gasteiger partial charge in [0.05, 0.1) is 12.7 Å². The molecule has 0 fully saturated rings. The lowest BCUT2D eigenvalue weighted by molar-refractivity contribution is 0.0629. The summed E-state index contributed by atoms with van der Waals surface area (Å²) in [5, 5.41) is 3.01. The van der Waals surface area contributed by atoms with Crippen molar-refractivity contribution < 1.29 is 9.47 Å². The molecule has 1 atom stereocenters. The summed E-state index contributed by atoms with van der Waals surface area (Å²) in [5.41, 5.74) is 0. The molecule has 1 N–H and O–H groups in total. The van der Waals surface area contributed by atoms with E-state index >= 15 is 0 Å². The second kappa shape index (κ2) is 7.98. The van der Waals surface area contributed by atoms with Crippen LogP contribution in [0.3, 0.4) is 0 Å². The van der Waals surface area contributed by atoms with Crippen molar-refractivity contribution in [1.82, 2.24) is 5.32 Å². The molecule has 0 saturated heterocycles. The molecule has 0 aliphatic rings. The van der Waals surface area contributed by atoms with Gasteiger partial charge in [0.25, 0.3) is 0 Å². The van der Waals surface area contributed by atoms with E-state index in [1.54, 1.807) is 7.11 Å². The number of rotatable bonds is 7. The molecule has 0 rings (SSSR count). The van der Waals surface area contributed by atoms with Gasteiger partial charge in [-0.25, -0.2) is 0 Å². The maximum Gasteiger partial charge on any atom is 0.0590 e. The Morgan fingerprint density at radius 2 is 2.09 bits per heavy atom. The molecule has 3 heteroatoms. The smallest absolute Gasteiger partial charge is 0.0590 e. The number of hydrogen-bond donors (Lipinski definition) is 1. The number of nitrogens with one attached hydrogen (secondary N) is 1. The van der Waals surface area contributed by atoms with Gasteiger partial charge in [0, 0.05) is 20.3 Å². The lowest BCUT2D eigenvalue weighted by atomic mass is 10.3. The van der Waals surface area contributed by atoms with E-state index in [0.717, 1.165) is 26.2 Å². The van der Waals surface area contributed by atoms with Gasteiger partial charge < -0.3 is 14.8 Å². The molecule has 0 aliphatic carbocycles. The van der Waals surface area contributed by atoms with Crippen LogP contribution in [0.2, 0.25) is 0 Å². The molecule has 0 aromatic carbocycles. The van der Waals surface area contributed by atoms with Crippen LogP contribution in [-0.4, -0.2) is 40.0 Å². The van der Waals surface area contributed by atoms with E-state index in [1.807, 2.05) is 14.0 Å². The van der Waals surface area contributed by atoms with Crippen LogP contribution in [0.5, 0.6) is 0 Å². The molecule has 0 aromatic rings. The molecule has 0 radical (unpaired) electrons. The van der Waals surface area contributed by atoms with Crippen LogP contribution in [0.25, 0.3) is 0 Å². The standard InChI is InChI=1S/C8H19NO2/c1-8(10-3)4-6-11-7-5-9-2/h8-9H,4-7H2,1-3H3. The summed E-state index contributed by atoms with van der Waals surface area (Å²) in [6, 6.07) is 0. The highest BCUT2D eigenvalue weighted by Gasteiger charge is 1.97. The lowest BCUT2D eigenvalue weighted by Gasteiger charge is -2.08. The van der Waals surface area contributed by atoms with E-state index in [4.69, 9.17) is 9.47 Å². The molecule has 0 heterocycles. The van der Waals surface area contributed by atoms with Crippen molar-refractivity contribution in [2.24, 2.45) is 0 Å². The molecular weight excluding hydrogens is 142 g/mol. The van der Waals surface area contributed by atoms with Gasteiger partial charge in [-0.15, -0.1) is 0 Å². The summed E-state index contributed by atoms with van der Waals surface area (Å²) in [6.45, 7) is 4.53. The molecule has 1 unspecified atom stereocenters. The molecule has 0 amide bonds. The monoisotopic (exact) mass is 161 g/mol. The molecule has 0 aromatic heterocycles. The predicted octanol–water partition coefficient (Wildman–Crippen LogP) is 0.647. The van der Waals surface area contributed by atoms with E-state index in [9.17, 15) is 0 Å². The first-order valence-corrected chi connectivity index (χ1v) is 4.06. The topological polar surface area (TPSA) is 30.5 Å². The summed E-state index contributed by atoms with van der Waals surface area (Å²) in [4.78, 5) is 0. The minimum absolute atomic E-state index is 0.310. The van der Waals surface area contributed by atoms with Gasteiger partial charge in [-0.3, -0.25) is 0 Å². The maximum absolute atomic E-state index is 5.30. The first-order chi connectivity index (χ1) is 5.31. The Kier molecular flexibility index (Phi) is 7.89. The highest BCUT2D eigenvalue weighted by Crippen LogP contribution is 1.94. The van der Waals surface area contributed by atoms with Crippen LogP contribution in [0, 0.1) is 0 Å². The quantitative estimate of drug-likeness (QED) is 0.556. The largest absolute Gasteiger partial charge is 0.382 e. The zero-order chi connectivity index (χ0) is 8.53. The summed E-state index contributed by atoms with van der Waals surface area (Å²) in [5.74, 6) is 0. The van der Waals surface area contributed by atoms with E-state index < -0.39 is 0 Å². The second-order valence-corrected chi connectivity index (χ2v) is 2.55. The fourth-order valence-electron chi connectivity index (χ4n) is 0.643. The zero-order valence-corrected chi connectivity index (χ0v) is 7.72. The molecule has 3 nitrogen and oxygen atoms in total. The Morgan fingerprint density at radius 3 is 2.64 bits per heavy atom. The first-order valence-electron chi connectivity index (χ1n) is 4.06. The highest BCUT2D eigenvalue weighted by atomic mass is 16.5. The van der Waals surface area contributed by atoms with Crippen molar-refractivity contribution in [3.8, 4) is 0 Å². The highest BCUT2D eigenvalue weighted by molar-refractivity contribution is 4.47. The van der Waals surface area contributed by atoms with Crippen LogP contribution < -0.4 is 5.32 Å². The number of methoxy groups -OCH3 is 1. The number of likely N-dealkylation sites (N-methyl/N-ethyl adjacent to an activating group) is 1. The number of hydrogen-bond acceptors (Lipinski definition) is 3. The van der Waals surface area contributed by atoms with Gasteiger partial charge in [0.2, 0.25) is 0 Å². The zero-order valence-electron chi connectivity index (χ0n) is 7.72. The Bertz CT molecular complexity index is 78.5. The average Bonchev–Trinajstić information content (AvgIpc) is 2.04. The predicted molar refractivity (Wildman–Crippen MR) is 45.8 cm³/mol. The van der Waals surface area contributed by atoms with Gasteiger partial charge in [-0.2, -0.15) is 0 Å². The lowest BCUT2D eigenvalue weighted by Crippen LogP contribution is -2.16. The van der Waals surface area contributed by atoms with E-state index in [1.165, 1.54) is 0 Å². The molecule has 0 saturated carbocycles. The van der Waals surface area contributed by atoms with Crippen LogP contribution >= 0.6 is 0 Å². The second-order valence-electron chi connectivity index (χ2n) is 2.55. The van der Waals surface area contributed by atoms with Gasteiger partial charge >= 0.3 is 0 Å². The van der Waals surface area contributed by atoms with E-state index in [-0.39, 0.29) is 0 Å². The normalized spacial score (nSPS) is 13.4. The van der Waals surface area contributed by atoms with Crippen molar-refractivity contribution in [2.75, 3.05) is 33.9 Å². The molecule has 11 heavy (non-hydrogen) atoms. The van der Waals surface area contributed by atoms with Gasteiger partial charge in [0.15, 0.2) is 0 Å². The van der Waals surface area contributed by atoms with Crippen LogP contribution in [0.4, 0.5) is 0 Å². The SMILES string of the molecule is CNCCOCCC(C)OC. The minimum Gasteiger partial charge on any atom is -0.382 e.